The number of nitriles is 2. The molecule has 0 radical (unpaired) electrons. The van der Waals surface area contributed by atoms with Gasteiger partial charge in [0.25, 0.3) is 0 Å². The van der Waals surface area contributed by atoms with E-state index < -0.39 is 0 Å². The van der Waals surface area contributed by atoms with Gasteiger partial charge in [-0.2, -0.15) is 10.5 Å². The summed E-state index contributed by atoms with van der Waals surface area (Å²) < 4.78 is 0. The highest BCUT2D eigenvalue weighted by Crippen LogP contribution is 2.44. The number of fused-ring (bicyclic) bond motifs is 2. The molecule has 0 atom stereocenters. The van der Waals surface area contributed by atoms with Crippen LogP contribution in [0.25, 0.3) is 53.6 Å². The van der Waals surface area contributed by atoms with Crippen molar-refractivity contribution in [2.45, 2.75) is 0 Å². The van der Waals surface area contributed by atoms with Gasteiger partial charge in [0.15, 0.2) is 0 Å². The zero-order valence-corrected chi connectivity index (χ0v) is 19.6. The van der Waals surface area contributed by atoms with Gasteiger partial charge in [-0.3, -0.25) is 0 Å². The molecule has 6 aromatic rings. The number of rotatable bonds is 3. The molecule has 0 fully saturated rings. The Morgan fingerprint density at radius 2 is 0.882 bits per heavy atom. The maximum absolute atomic E-state index is 9.12. The minimum absolute atomic E-state index is 0.674. The summed E-state index contributed by atoms with van der Waals surface area (Å²) in [5.74, 6) is 0. The van der Waals surface area contributed by atoms with Crippen molar-refractivity contribution in [1.29, 1.82) is 10.5 Å². The smallest absolute Gasteiger partial charge is 0.0991 e. The molecule has 6 rings (SSSR count). The number of nitrogens with zero attached hydrogens (tertiary/aromatic N) is 2. The van der Waals surface area contributed by atoms with Gasteiger partial charge in [0.2, 0.25) is 0 Å². The van der Waals surface area contributed by atoms with Crippen molar-refractivity contribution in [1.82, 2.24) is 0 Å². The van der Waals surface area contributed by atoms with Crippen molar-refractivity contribution in [2.75, 3.05) is 0 Å². The summed E-state index contributed by atoms with van der Waals surface area (Å²) in [6, 6.07) is 33.0. The first-order valence-electron chi connectivity index (χ1n) is 10.8. The van der Waals surface area contributed by atoms with Crippen LogP contribution in [0.3, 0.4) is 0 Å². The Morgan fingerprint density at radius 1 is 0.471 bits per heavy atom. The maximum atomic E-state index is 9.12. The molecule has 2 nitrogen and oxygen atoms in total. The van der Waals surface area contributed by atoms with E-state index >= 15 is 0 Å². The minimum Gasteiger partial charge on any atom is -0.192 e. The average molecular weight is 469 g/mol. The van der Waals surface area contributed by atoms with Crippen LogP contribution in [0.1, 0.15) is 11.1 Å². The lowest BCUT2D eigenvalue weighted by Gasteiger charge is -2.08. The quantitative estimate of drug-likeness (QED) is 0.260. The topological polar surface area (TPSA) is 47.6 Å². The molecule has 0 saturated heterocycles. The summed E-state index contributed by atoms with van der Waals surface area (Å²) in [7, 11) is 0. The van der Waals surface area contributed by atoms with Gasteiger partial charge in [-0.15, -0.1) is 22.7 Å². The molecule has 2 aromatic heterocycles. The van der Waals surface area contributed by atoms with Crippen molar-refractivity contribution >= 4 is 44.2 Å². The van der Waals surface area contributed by atoms with Crippen molar-refractivity contribution in [2.24, 2.45) is 0 Å². The first-order chi connectivity index (χ1) is 16.8. The normalized spacial score (nSPS) is 10.9. The molecule has 0 aliphatic carbocycles. The van der Waals surface area contributed by atoms with Crippen LogP contribution in [0.4, 0.5) is 0 Å². The van der Waals surface area contributed by atoms with Crippen LogP contribution in [0.2, 0.25) is 0 Å². The van der Waals surface area contributed by atoms with Crippen LogP contribution < -0.4 is 0 Å². The third kappa shape index (κ3) is 3.29. The molecule has 0 bridgehead atoms. The van der Waals surface area contributed by atoms with Gasteiger partial charge in [0, 0.05) is 31.3 Å². The van der Waals surface area contributed by atoms with E-state index in [-0.39, 0.29) is 0 Å². The second kappa shape index (κ2) is 8.28. The van der Waals surface area contributed by atoms with E-state index in [0.717, 1.165) is 11.1 Å². The fourth-order valence-corrected chi connectivity index (χ4v) is 6.59. The summed E-state index contributed by atoms with van der Waals surface area (Å²) in [4.78, 5) is 2.44. The Labute approximate surface area is 205 Å². The van der Waals surface area contributed by atoms with Crippen LogP contribution >= 0.6 is 22.7 Å². The van der Waals surface area contributed by atoms with E-state index in [2.05, 4.69) is 59.3 Å². The fraction of sp³-hybridized carbons (Fsp3) is 0. The number of thiophene rings is 2. The van der Waals surface area contributed by atoms with Gasteiger partial charge in [0.1, 0.15) is 0 Å². The fourth-order valence-electron chi connectivity index (χ4n) is 4.45. The SMILES string of the molecule is N#Cc1ccc(-c2scc3c(-c4cccc5c(-c6ccc(C#N)cc6)scc45)cccc23)cc1. The summed E-state index contributed by atoms with van der Waals surface area (Å²) >= 11 is 3.48. The standard InChI is InChI=1S/C30H16N2S2/c31-15-19-7-11-21(12-8-19)29-25-5-1-3-23(27(25)17-33-29)24-4-2-6-26-28(24)18-34-30(26)22-13-9-20(16-32)10-14-22/h1-14,17-18H. The molecule has 158 valence electrons. The van der Waals surface area contributed by atoms with Gasteiger partial charge >= 0.3 is 0 Å². The lowest BCUT2D eigenvalue weighted by Crippen LogP contribution is -1.82. The van der Waals surface area contributed by atoms with Crippen LogP contribution in [-0.2, 0) is 0 Å². The Hall–Kier alpha value is -4.22. The van der Waals surface area contributed by atoms with Crippen molar-refractivity contribution in [3.05, 3.63) is 107 Å². The average Bonchev–Trinajstić information content (AvgIpc) is 3.53. The molecule has 0 aliphatic rings. The van der Waals surface area contributed by atoms with E-state index in [1.807, 2.05) is 48.5 Å². The lowest BCUT2D eigenvalue weighted by molar-refractivity contribution is 1.49. The van der Waals surface area contributed by atoms with Crippen molar-refractivity contribution < 1.29 is 0 Å². The van der Waals surface area contributed by atoms with Crippen LogP contribution in [0.15, 0.2) is 95.7 Å². The summed E-state index contributed by atoms with van der Waals surface area (Å²) in [5.41, 5.74) is 6.06. The highest BCUT2D eigenvalue weighted by molar-refractivity contribution is 7.16. The summed E-state index contributed by atoms with van der Waals surface area (Å²) in [5, 5.41) is 27.7. The monoisotopic (exact) mass is 468 g/mol. The van der Waals surface area contributed by atoms with E-state index in [4.69, 9.17) is 10.5 Å². The predicted octanol–water partition coefficient (Wildman–Crippen LogP) is 8.86. The molecule has 0 aliphatic heterocycles. The number of hydrogen-bond donors (Lipinski definition) is 0. The van der Waals surface area contributed by atoms with Crippen molar-refractivity contribution in [3.8, 4) is 44.1 Å². The zero-order chi connectivity index (χ0) is 23.1. The molecule has 0 spiro atoms. The van der Waals surface area contributed by atoms with Gasteiger partial charge in [-0.25, -0.2) is 0 Å². The second-order valence-corrected chi connectivity index (χ2v) is 9.80. The van der Waals surface area contributed by atoms with Crippen LogP contribution in [-0.4, -0.2) is 0 Å². The zero-order valence-electron chi connectivity index (χ0n) is 17.9. The molecule has 0 unspecified atom stereocenters. The minimum atomic E-state index is 0.674. The third-order valence-electron chi connectivity index (χ3n) is 6.13. The largest absolute Gasteiger partial charge is 0.192 e. The number of benzene rings is 4. The highest BCUT2D eigenvalue weighted by Gasteiger charge is 2.15. The molecule has 4 heteroatoms. The summed E-state index contributed by atoms with van der Waals surface area (Å²) in [6.07, 6.45) is 0. The molecule has 34 heavy (non-hydrogen) atoms. The number of hydrogen-bond acceptors (Lipinski definition) is 4. The lowest BCUT2D eigenvalue weighted by atomic mass is 9.95. The van der Waals surface area contributed by atoms with E-state index in [1.54, 1.807) is 22.7 Å². The highest BCUT2D eigenvalue weighted by atomic mass is 32.1. The Balaban J connectivity index is 1.49. The first kappa shape index (κ1) is 20.4. The van der Waals surface area contributed by atoms with Gasteiger partial charge in [-0.05, 0) is 57.3 Å². The Kier molecular flexibility index (Phi) is 4.97. The molecular formula is C30H16N2S2. The van der Waals surface area contributed by atoms with E-state index in [1.165, 1.54) is 42.4 Å². The van der Waals surface area contributed by atoms with Crippen LogP contribution in [0.5, 0.6) is 0 Å². The molecule has 0 N–H and O–H groups in total. The van der Waals surface area contributed by atoms with E-state index in [0.29, 0.717) is 11.1 Å². The molecule has 2 heterocycles. The molecule has 0 amide bonds. The Morgan fingerprint density at radius 3 is 1.26 bits per heavy atom. The Bertz CT molecular complexity index is 1620. The third-order valence-corrected chi connectivity index (χ3v) is 8.22. The first-order valence-corrected chi connectivity index (χ1v) is 12.5. The van der Waals surface area contributed by atoms with Gasteiger partial charge in [0.05, 0.1) is 23.3 Å². The second-order valence-electron chi connectivity index (χ2n) is 8.04. The van der Waals surface area contributed by atoms with Gasteiger partial charge in [-0.1, -0.05) is 60.7 Å². The predicted molar refractivity (Wildman–Crippen MR) is 143 cm³/mol. The van der Waals surface area contributed by atoms with E-state index in [9.17, 15) is 0 Å². The van der Waals surface area contributed by atoms with Gasteiger partial charge < -0.3 is 0 Å². The summed E-state index contributed by atoms with van der Waals surface area (Å²) in [6.45, 7) is 0. The molecule has 0 saturated carbocycles. The molecular weight excluding hydrogens is 452 g/mol. The maximum Gasteiger partial charge on any atom is 0.0991 e. The van der Waals surface area contributed by atoms with Crippen LogP contribution in [0, 0.1) is 22.7 Å². The van der Waals surface area contributed by atoms with Crippen molar-refractivity contribution in [3.63, 3.8) is 0 Å². The molecule has 4 aromatic carbocycles.